The van der Waals surface area contributed by atoms with Crippen LogP contribution in [0.15, 0.2) is 41.2 Å². The lowest BCUT2D eigenvalue weighted by Gasteiger charge is -2.07. The van der Waals surface area contributed by atoms with Gasteiger partial charge in [0.05, 0.1) is 22.9 Å². The molecule has 0 saturated heterocycles. The number of nitro groups is 1. The van der Waals surface area contributed by atoms with E-state index in [0.717, 1.165) is 0 Å². The first-order chi connectivity index (χ1) is 11.0. The second kappa shape index (κ2) is 5.41. The number of non-ortho nitro benzene ring substituents is 1. The van der Waals surface area contributed by atoms with Gasteiger partial charge in [0.2, 0.25) is 0 Å². The number of nitro benzene ring substituents is 1. The highest BCUT2D eigenvalue weighted by Crippen LogP contribution is 2.29. The van der Waals surface area contributed by atoms with E-state index in [1.165, 1.54) is 37.4 Å². The van der Waals surface area contributed by atoms with Gasteiger partial charge in [-0.05, 0) is 6.07 Å². The number of H-pyrrole nitrogens is 1. The average Bonchev–Trinajstić information content (AvgIpc) is 2.55. The summed E-state index contributed by atoms with van der Waals surface area (Å²) in [6, 6.07) is 8.48. The predicted molar refractivity (Wildman–Crippen MR) is 82.7 cm³/mol. The number of aromatic nitrogens is 2. The summed E-state index contributed by atoms with van der Waals surface area (Å²) >= 11 is 0. The van der Waals surface area contributed by atoms with E-state index in [1.54, 1.807) is 6.07 Å². The Morgan fingerprint density at radius 2 is 2.09 bits per heavy atom. The summed E-state index contributed by atoms with van der Waals surface area (Å²) in [7, 11) is 1.38. The second-order valence-electron chi connectivity index (χ2n) is 4.76. The molecule has 23 heavy (non-hydrogen) atoms. The van der Waals surface area contributed by atoms with Crippen LogP contribution in [0, 0.1) is 10.1 Å². The Morgan fingerprint density at radius 3 is 2.78 bits per heavy atom. The fraction of sp³-hybridized carbons (Fsp3) is 0.0667. The van der Waals surface area contributed by atoms with Crippen LogP contribution >= 0.6 is 0 Å². The number of hydrogen-bond donors (Lipinski definition) is 2. The first-order valence-corrected chi connectivity index (χ1v) is 6.55. The molecule has 0 amide bonds. The maximum atomic E-state index is 12.2. The lowest BCUT2D eigenvalue weighted by atomic mass is 10.1. The number of rotatable bonds is 3. The van der Waals surface area contributed by atoms with Gasteiger partial charge < -0.3 is 14.8 Å². The minimum absolute atomic E-state index is 0.103. The molecule has 0 aliphatic rings. The Kier molecular flexibility index (Phi) is 3.41. The molecule has 0 aliphatic heterocycles. The summed E-state index contributed by atoms with van der Waals surface area (Å²) in [5.41, 5.74) is 0.151. The van der Waals surface area contributed by atoms with Crippen molar-refractivity contribution in [2.24, 2.45) is 0 Å². The van der Waals surface area contributed by atoms with Crippen LogP contribution < -0.4 is 10.3 Å². The third-order valence-electron chi connectivity index (χ3n) is 3.34. The van der Waals surface area contributed by atoms with Crippen molar-refractivity contribution in [2.45, 2.75) is 0 Å². The molecular formula is C15H11N3O5. The van der Waals surface area contributed by atoms with Crippen LogP contribution in [0.3, 0.4) is 0 Å². The van der Waals surface area contributed by atoms with E-state index in [1.807, 2.05) is 0 Å². The van der Waals surface area contributed by atoms with Crippen LogP contribution in [-0.2, 0) is 0 Å². The van der Waals surface area contributed by atoms with E-state index in [0.29, 0.717) is 11.1 Å². The maximum absolute atomic E-state index is 12.2. The summed E-state index contributed by atoms with van der Waals surface area (Å²) in [5.74, 6) is 0.204. The highest BCUT2D eigenvalue weighted by atomic mass is 16.6. The fourth-order valence-corrected chi connectivity index (χ4v) is 2.22. The van der Waals surface area contributed by atoms with Crippen LogP contribution in [0.2, 0.25) is 0 Å². The molecule has 8 nitrogen and oxygen atoms in total. The molecule has 0 radical (unpaired) electrons. The molecule has 0 aliphatic carbocycles. The molecular weight excluding hydrogens is 302 g/mol. The normalized spacial score (nSPS) is 10.7. The smallest absolute Gasteiger partial charge is 0.270 e. The Hall–Kier alpha value is -3.42. The lowest BCUT2D eigenvalue weighted by molar-refractivity contribution is -0.384. The van der Waals surface area contributed by atoms with E-state index < -0.39 is 10.5 Å². The first-order valence-electron chi connectivity index (χ1n) is 6.55. The van der Waals surface area contributed by atoms with Crippen LogP contribution in [-0.4, -0.2) is 27.1 Å². The van der Waals surface area contributed by atoms with Crippen molar-refractivity contribution in [3.05, 3.63) is 56.9 Å². The number of phenolic OH excluding ortho intramolecular Hbond substituents is 1. The summed E-state index contributed by atoms with van der Waals surface area (Å²) in [6.07, 6.45) is 0. The number of benzene rings is 2. The highest BCUT2D eigenvalue weighted by Gasteiger charge is 2.13. The molecule has 0 atom stereocenters. The number of phenols is 1. The van der Waals surface area contributed by atoms with Gasteiger partial charge >= 0.3 is 0 Å². The third kappa shape index (κ3) is 2.57. The molecule has 0 fully saturated rings. The van der Waals surface area contributed by atoms with Crippen molar-refractivity contribution in [1.29, 1.82) is 0 Å². The zero-order chi connectivity index (χ0) is 16.6. The Bertz CT molecular complexity index is 980. The molecule has 1 heterocycles. The van der Waals surface area contributed by atoms with Gasteiger partial charge in [-0.15, -0.1) is 0 Å². The van der Waals surface area contributed by atoms with E-state index in [-0.39, 0.29) is 28.4 Å². The van der Waals surface area contributed by atoms with E-state index >= 15 is 0 Å². The standard InChI is InChI=1S/C15H11N3O5/c1-23-13-7-11-10(6-12(13)19)15(20)17-14(16-11)8-3-2-4-9(5-8)18(21)22/h2-7,19H,1H3,(H,16,17,20). The third-order valence-corrected chi connectivity index (χ3v) is 3.34. The quantitative estimate of drug-likeness (QED) is 0.565. The van der Waals surface area contributed by atoms with Gasteiger partial charge in [0.15, 0.2) is 11.5 Å². The molecule has 0 bridgehead atoms. The number of ether oxygens (including phenoxy) is 1. The van der Waals surface area contributed by atoms with E-state index in [4.69, 9.17) is 4.74 Å². The van der Waals surface area contributed by atoms with Crippen LogP contribution in [0.1, 0.15) is 0 Å². The summed E-state index contributed by atoms with van der Waals surface area (Å²) < 4.78 is 5.00. The number of hydrogen-bond acceptors (Lipinski definition) is 6. The monoisotopic (exact) mass is 313 g/mol. The Labute approximate surface area is 129 Å². The van der Waals surface area contributed by atoms with Gasteiger partial charge in [-0.1, -0.05) is 12.1 Å². The van der Waals surface area contributed by atoms with Gasteiger partial charge in [-0.3, -0.25) is 14.9 Å². The average molecular weight is 313 g/mol. The zero-order valence-electron chi connectivity index (χ0n) is 11.9. The van der Waals surface area contributed by atoms with Crippen LogP contribution in [0.5, 0.6) is 11.5 Å². The SMILES string of the molecule is COc1cc2nc(-c3cccc([N+](=O)[O-])c3)[nH]c(=O)c2cc1O. The molecule has 8 heteroatoms. The molecule has 116 valence electrons. The molecule has 0 unspecified atom stereocenters. The molecule has 3 rings (SSSR count). The number of fused-ring (bicyclic) bond motifs is 1. The minimum atomic E-state index is -0.524. The fourth-order valence-electron chi connectivity index (χ4n) is 2.22. The van der Waals surface area contributed by atoms with Crippen molar-refractivity contribution in [2.75, 3.05) is 7.11 Å². The number of aromatic hydroxyl groups is 1. The molecule has 1 aromatic heterocycles. The highest BCUT2D eigenvalue weighted by molar-refractivity contribution is 5.83. The predicted octanol–water partition coefficient (Wildman–Crippen LogP) is 2.21. The van der Waals surface area contributed by atoms with E-state index in [9.17, 15) is 20.0 Å². The second-order valence-corrected chi connectivity index (χ2v) is 4.76. The van der Waals surface area contributed by atoms with Crippen molar-refractivity contribution in [3.8, 4) is 22.9 Å². The van der Waals surface area contributed by atoms with Gasteiger partial charge in [0.25, 0.3) is 11.2 Å². The van der Waals surface area contributed by atoms with Crippen molar-refractivity contribution >= 4 is 16.6 Å². The zero-order valence-corrected chi connectivity index (χ0v) is 11.9. The van der Waals surface area contributed by atoms with Crippen molar-refractivity contribution in [1.82, 2.24) is 9.97 Å². The summed E-state index contributed by atoms with van der Waals surface area (Å²) in [6.45, 7) is 0. The Balaban J connectivity index is 2.23. The number of aromatic amines is 1. The Morgan fingerprint density at radius 1 is 1.30 bits per heavy atom. The van der Waals surface area contributed by atoms with Crippen molar-refractivity contribution < 1.29 is 14.8 Å². The molecule has 0 spiro atoms. The molecule has 2 N–H and O–H groups in total. The summed E-state index contributed by atoms with van der Waals surface area (Å²) in [5, 5.41) is 20.8. The van der Waals surface area contributed by atoms with Gasteiger partial charge in [0, 0.05) is 23.8 Å². The molecule has 3 aromatic rings. The van der Waals surface area contributed by atoms with Gasteiger partial charge in [-0.25, -0.2) is 4.98 Å². The first kappa shape index (κ1) is 14.5. The van der Waals surface area contributed by atoms with E-state index in [2.05, 4.69) is 9.97 Å². The number of nitrogens with zero attached hydrogens (tertiary/aromatic N) is 2. The topological polar surface area (TPSA) is 118 Å². The lowest BCUT2D eigenvalue weighted by Crippen LogP contribution is -2.09. The van der Waals surface area contributed by atoms with Crippen LogP contribution in [0.4, 0.5) is 5.69 Å². The van der Waals surface area contributed by atoms with Gasteiger partial charge in [-0.2, -0.15) is 0 Å². The van der Waals surface area contributed by atoms with Gasteiger partial charge in [0.1, 0.15) is 5.82 Å². The largest absolute Gasteiger partial charge is 0.504 e. The maximum Gasteiger partial charge on any atom is 0.270 e. The van der Waals surface area contributed by atoms with Crippen LogP contribution in [0.25, 0.3) is 22.3 Å². The number of methoxy groups -OCH3 is 1. The van der Waals surface area contributed by atoms with Crippen molar-refractivity contribution in [3.63, 3.8) is 0 Å². The number of nitrogens with one attached hydrogen (secondary N) is 1. The summed E-state index contributed by atoms with van der Waals surface area (Å²) in [4.78, 5) is 29.3. The molecule has 0 saturated carbocycles. The molecule has 2 aromatic carbocycles. The minimum Gasteiger partial charge on any atom is -0.504 e.